The molecule has 3 N–H and O–H groups in total. The molecule has 21 heavy (non-hydrogen) atoms. The minimum absolute atomic E-state index is 0.252. The predicted molar refractivity (Wildman–Crippen MR) is 85.9 cm³/mol. The zero-order chi connectivity index (χ0) is 14.7. The molecule has 2 fully saturated rings. The van der Waals surface area contributed by atoms with Crippen LogP contribution < -0.4 is 16.0 Å². The number of rotatable bonds is 6. The molecule has 0 heterocycles. The third kappa shape index (κ3) is 3.78. The van der Waals surface area contributed by atoms with Crippen molar-refractivity contribution in [3.8, 4) is 5.75 Å². The van der Waals surface area contributed by atoms with E-state index in [0.717, 1.165) is 11.7 Å². The molecule has 0 aromatic heterocycles. The molecular weight excluding hydrogens is 260 g/mol. The van der Waals surface area contributed by atoms with Crippen LogP contribution in [-0.2, 0) is 0 Å². The van der Waals surface area contributed by atoms with Gasteiger partial charge in [0.25, 0.3) is 0 Å². The molecule has 0 radical (unpaired) electrons. The molecule has 0 saturated heterocycles. The van der Waals surface area contributed by atoms with E-state index in [0.29, 0.717) is 12.0 Å². The molecule has 2 aliphatic carbocycles. The quantitative estimate of drug-likeness (QED) is 0.615. The molecule has 0 amide bonds. The van der Waals surface area contributed by atoms with Gasteiger partial charge < -0.3 is 4.74 Å². The van der Waals surface area contributed by atoms with Gasteiger partial charge in [-0.25, -0.2) is 0 Å². The van der Waals surface area contributed by atoms with Crippen molar-refractivity contribution in [3.05, 3.63) is 29.8 Å². The first-order chi connectivity index (χ1) is 10.3. The first-order valence-corrected chi connectivity index (χ1v) is 8.53. The topological polar surface area (TPSA) is 47.3 Å². The Hall–Kier alpha value is -1.06. The fraction of sp³-hybridized carbons (Fsp3) is 0.667. The maximum Gasteiger partial charge on any atom is 0.120 e. The van der Waals surface area contributed by atoms with Crippen LogP contribution in [0, 0.1) is 11.8 Å². The summed E-state index contributed by atoms with van der Waals surface area (Å²) < 4.78 is 5.92. The smallest absolute Gasteiger partial charge is 0.120 e. The Morgan fingerprint density at radius 2 is 2.14 bits per heavy atom. The second kappa shape index (κ2) is 6.80. The van der Waals surface area contributed by atoms with E-state index in [1.54, 1.807) is 0 Å². The first-order valence-electron chi connectivity index (χ1n) is 8.53. The minimum atomic E-state index is 0.252. The number of hydrazine groups is 1. The molecule has 0 bridgehead atoms. The van der Waals surface area contributed by atoms with Crippen molar-refractivity contribution >= 4 is 0 Å². The van der Waals surface area contributed by atoms with Gasteiger partial charge in [-0.05, 0) is 55.2 Å². The molecule has 1 aromatic rings. The Morgan fingerprint density at radius 1 is 1.29 bits per heavy atom. The lowest BCUT2D eigenvalue weighted by molar-refractivity contribution is 0.209. The molecular formula is C18H28N2O. The zero-order valence-electron chi connectivity index (χ0n) is 13.1. The molecule has 1 aromatic carbocycles. The van der Waals surface area contributed by atoms with Gasteiger partial charge in [-0.1, -0.05) is 38.3 Å². The highest BCUT2D eigenvalue weighted by Gasteiger charge is 2.29. The summed E-state index contributed by atoms with van der Waals surface area (Å²) in [5.74, 6) is 8.40. The van der Waals surface area contributed by atoms with Crippen molar-refractivity contribution in [1.29, 1.82) is 0 Å². The van der Waals surface area contributed by atoms with Crippen LogP contribution in [-0.4, -0.2) is 6.10 Å². The van der Waals surface area contributed by atoms with E-state index in [2.05, 4.69) is 36.6 Å². The summed E-state index contributed by atoms with van der Waals surface area (Å²) in [5.41, 5.74) is 4.35. The summed E-state index contributed by atoms with van der Waals surface area (Å²) in [7, 11) is 0. The van der Waals surface area contributed by atoms with Gasteiger partial charge >= 0.3 is 0 Å². The summed E-state index contributed by atoms with van der Waals surface area (Å²) in [6, 6.07) is 8.77. The van der Waals surface area contributed by atoms with Crippen LogP contribution in [0.3, 0.4) is 0 Å². The molecule has 3 unspecified atom stereocenters. The highest BCUT2D eigenvalue weighted by atomic mass is 16.5. The molecule has 0 spiro atoms. The van der Waals surface area contributed by atoms with Crippen LogP contribution in [0.25, 0.3) is 0 Å². The van der Waals surface area contributed by atoms with Crippen molar-refractivity contribution in [2.45, 2.75) is 64.0 Å². The lowest BCUT2D eigenvalue weighted by Crippen LogP contribution is -2.35. The minimum Gasteiger partial charge on any atom is -0.490 e. The normalized spacial score (nSPS) is 27.3. The SMILES string of the molecule is CCC1CCCC(C(NN)c2cccc(OC3CC3)c2)C1. The van der Waals surface area contributed by atoms with Gasteiger partial charge in [0.15, 0.2) is 0 Å². The van der Waals surface area contributed by atoms with E-state index in [1.165, 1.54) is 50.5 Å². The second-order valence-corrected chi connectivity index (χ2v) is 6.73. The summed E-state index contributed by atoms with van der Waals surface area (Å²) in [6.07, 6.45) is 9.42. The Bertz CT molecular complexity index is 458. The molecule has 116 valence electrons. The van der Waals surface area contributed by atoms with Gasteiger partial charge in [-0.3, -0.25) is 11.3 Å². The zero-order valence-corrected chi connectivity index (χ0v) is 13.1. The fourth-order valence-corrected chi connectivity index (χ4v) is 3.67. The van der Waals surface area contributed by atoms with Crippen molar-refractivity contribution in [3.63, 3.8) is 0 Å². The van der Waals surface area contributed by atoms with E-state index < -0.39 is 0 Å². The lowest BCUT2D eigenvalue weighted by Gasteiger charge is -2.34. The molecule has 3 heteroatoms. The Kier molecular flexibility index (Phi) is 4.81. The van der Waals surface area contributed by atoms with Gasteiger partial charge in [-0.15, -0.1) is 0 Å². The Labute approximate surface area is 128 Å². The van der Waals surface area contributed by atoms with Crippen LogP contribution >= 0.6 is 0 Å². The van der Waals surface area contributed by atoms with Crippen LogP contribution in [0.2, 0.25) is 0 Å². The van der Waals surface area contributed by atoms with E-state index in [-0.39, 0.29) is 6.04 Å². The van der Waals surface area contributed by atoms with E-state index in [4.69, 9.17) is 10.6 Å². The molecule has 3 rings (SSSR count). The molecule has 2 saturated carbocycles. The maximum absolute atomic E-state index is 5.92. The molecule has 0 aliphatic heterocycles. The number of nitrogens with one attached hydrogen (secondary N) is 1. The molecule has 2 aliphatic rings. The second-order valence-electron chi connectivity index (χ2n) is 6.73. The summed E-state index contributed by atoms with van der Waals surface area (Å²) in [4.78, 5) is 0. The monoisotopic (exact) mass is 288 g/mol. The maximum atomic E-state index is 5.92. The van der Waals surface area contributed by atoms with Crippen LogP contribution in [0.15, 0.2) is 24.3 Å². The first kappa shape index (κ1) is 14.9. The number of hydrogen-bond acceptors (Lipinski definition) is 3. The van der Waals surface area contributed by atoms with Crippen molar-refractivity contribution < 1.29 is 4.74 Å². The highest BCUT2D eigenvalue weighted by molar-refractivity contribution is 5.31. The Balaban J connectivity index is 1.72. The highest BCUT2D eigenvalue weighted by Crippen LogP contribution is 2.39. The average Bonchev–Trinajstić information content (AvgIpc) is 3.33. The third-order valence-corrected chi connectivity index (χ3v) is 5.10. The average molecular weight is 288 g/mol. The van der Waals surface area contributed by atoms with Crippen LogP contribution in [0.4, 0.5) is 0 Å². The third-order valence-electron chi connectivity index (χ3n) is 5.10. The van der Waals surface area contributed by atoms with Gasteiger partial charge in [-0.2, -0.15) is 0 Å². The van der Waals surface area contributed by atoms with Gasteiger partial charge in [0.2, 0.25) is 0 Å². The van der Waals surface area contributed by atoms with Crippen LogP contribution in [0.1, 0.15) is 63.5 Å². The number of benzene rings is 1. The standard InChI is InChI=1S/C18H28N2O/c1-2-13-5-3-6-14(11-13)18(20-19)15-7-4-8-17(12-15)21-16-9-10-16/h4,7-8,12-14,16,18,20H,2-3,5-6,9-11,19H2,1H3. The number of ether oxygens (including phenoxy) is 1. The summed E-state index contributed by atoms with van der Waals surface area (Å²) in [5, 5.41) is 0. The molecule has 3 nitrogen and oxygen atoms in total. The van der Waals surface area contributed by atoms with Gasteiger partial charge in [0.05, 0.1) is 6.10 Å². The van der Waals surface area contributed by atoms with E-state index >= 15 is 0 Å². The fourth-order valence-electron chi connectivity index (χ4n) is 3.67. The summed E-state index contributed by atoms with van der Waals surface area (Å²) >= 11 is 0. The predicted octanol–water partition coefficient (Wildman–Crippen LogP) is 3.95. The van der Waals surface area contributed by atoms with E-state index in [1.807, 2.05) is 0 Å². The van der Waals surface area contributed by atoms with Gasteiger partial charge in [0.1, 0.15) is 5.75 Å². The van der Waals surface area contributed by atoms with Gasteiger partial charge in [0, 0.05) is 6.04 Å². The van der Waals surface area contributed by atoms with Crippen molar-refractivity contribution in [2.24, 2.45) is 17.7 Å². The van der Waals surface area contributed by atoms with Crippen molar-refractivity contribution in [1.82, 2.24) is 5.43 Å². The lowest BCUT2D eigenvalue weighted by atomic mass is 9.75. The molecule has 3 atom stereocenters. The Morgan fingerprint density at radius 3 is 2.86 bits per heavy atom. The number of nitrogens with two attached hydrogens (primary N) is 1. The van der Waals surface area contributed by atoms with E-state index in [9.17, 15) is 0 Å². The van der Waals surface area contributed by atoms with Crippen LogP contribution in [0.5, 0.6) is 5.75 Å². The van der Waals surface area contributed by atoms with Crippen molar-refractivity contribution in [2.75, 3.05) is 0 Å². The largest absolute Gasteiger partial charge is 0.490 e. The number of hydrogen-bond donors (Lipinski definition) is 2. The summed E-state index contributed by atoms with van der Waals surface area (Å²) in [6.45, 7) is 2.31.